The molecule has 2 aromatic carbocycles. The summed E-state index contributed by atoms with van der Waals surface area (Å²) in [6.07, 6.45) is 2.94. The molecule has 0 fully saturated rings. The fourth-order valence-corrected chi connectivity index (χ4v) is 3.20. The third-order valence-electron chi connectivity index (χ3n) is 4.33. The van der Waals surface area contributed by atoms with E-state index in [1.54, 1.807) is 43.3 Å². The van der Waals surface area contributed by atoms with E-state index < -0.39 is 0 Å². The van der Waals surface area contributed by atoms with Crippen molar-refractivity contribution in [3.63, 3.8) is 0 Å². The molecule has 6 nitrogen and oxygen atoms in total. The van der Waals surface area contributed by atoms with E-state index in [2.05, 4.69) is 15.7 Å². The van der Waals surface area contributed by atoms with E-state index in [0.29, 0.717) is 33.5 Å². The molecule has 8 heteroatoms. The van der Waals surface area contributed by atoms with E-state index in [9.17, 15) is 14.0 Å². The molecule has 0 aliphatic heterocycles. The predicted octanol–water partition coefficient (Wildman–Crippen LogP) is 4.89. The maximum absolute atomic E-state index is 13.1. The van der Waals surface area contributed by atoms with Crippen LogP contribution in [-0.4, -0.2) is 21.6 Å². The van der Waals surface area contributed by atoms with E-state index in [1.165, 1.54) is 29.8 Å². The van der Waals surface area contributed by atoms with Gasteiger partial charge in [-0.3, -0.25) is 9.59 Å². The molecular weight excluding hydrogens is 407 g/mol. The molecule has 1 aromatic heterocycles. The van der Waals surface area contributed by atoms with Crippen molar-refractivity contribution in [3.8, 4) is 5.69 Å². The third-order valence-corrected chi connectivity index (χ3v) is 4.69. The van der Waals surface area contributed by atoms with Crippen molar-refractivity contribution in [1.82, 2.24) is 9.78 Å². The van der Waals surface area contributed by atoms with Gasteiger partial charge in [-0.05, 0) is 68.0 Å². The summed E-state index contributed by atoms with van der Waals surface area (Å²) in [5.41, 5.74) is 3.94. The number of hydrogen-bond acceptors (Lipinski definition) is 3. The van der Waals surface area contributed by atoms with Crippen LogP contribution in [0.5, 0.6) is 0 Å². The van der Waals surface area contributed by atoms with Crippen LogP contribution < -0.4 is 10.6 Å². The number of rotatable bonds is 5. The Labute approximate surface area is 178 Å². The van der Waals surface area contributed by atoms with Crippen molar-refractivity contribution >= 4 is 40.9 Å². The molecule has 3 rings (SSSR count). The van der Waals surface area contributed by atoms with Crippen molar-refractivity contribution in [1.29, 1.82) is 0 Å². The van der Waals surface area contributed by atoms with Crippen LogP contribution in [0, 0.1) is 19.7 Å². The van der Waals surface area contributed by atoms with E-state index in [0.717, 1.165) is 5.56 Å². The Morgan fingerprint density at radius 1 is 1.10 bits per heavy atom. The minimum Gasteiger partial charge on any atom is -0.326 e. The molecule has 154 valence electrons. The second-order valence-electron chi connectivity index (χ2n) is 6.71. The summed E-state index contributed by atoms with van der Waals surface area (Å²) >= 11 is 6.42. The van der Waals surface area contributed by atoms with Crippen molar-refractivity contribution in [2.24, 2.45) is 0 Å². The molecule has 1 heterocycles. The Hall–Kier alpha value is -3.45. The van der Waals surface area contributed by atoms with Gasteiger partial charge in [-0.1, -0.05) is 11.6 Å². The first kappa shape index (κ1) is 21.3. The zero-order chi connectivity index (χ0) is 21.8. The fourth-order valence-electron chi connectivity index (χ4n) is 2.87. The number of nitrogens with zero attached hydrogens (tertiary/aromatic N) is 2. The van der Waals surface area contributed by atoms with Gasteiger partial charge in [0.15, 0.2) is 0 Å². The number of carbonyl (C=O) groups is 2. The topological polar surface area (TPSA) is 76.0 Å². The van der Waals surface area contributed by atoms with E-state index in [4.69, 9.17) is 11.6 Å². The first-order valence-electron chi connectivity index (χ1n) is 9.13. The van der Waals surface area contributed by atoms with Gasteiger partial charge in [0.05, 0.1) is 11.4 Å². The molecule has 0 spiro atoms. The molecule has 0 radical (unpaired) electrons. The summed E-state index contributed by atoms with van der Waals surface area (Å²) < 4.78 is 14.6. The highest BCUT2D eigenvalue weighted by molar-refractivity contribution is 6.31. The number of carbonyl (C=O) groups excluding carboxylic acids is 2. The Balaban J connectivity index is 1.74. The summed E-state index contributed by atoms with van der Waals surface area (Å²) in [4.78, 5) is 23.5. The molecule has 0 saturated heterocycles. The standard InChI is InChI=1S/C22H20ClFN4O2/c1-13-12-17(6-10-20(13)25-15(3)29)26-21(30)11-9-19-14(2)27-28(22(19)23)18-7-4-16(24)5-8-18/h4-12H,1-3H3,(H,25,29)(H,26,30)/b11-9+. The minimum absolute atomic E-state index is 0.161. The number of halogens is 2. The Morgan fingerprint density at radius 2 is 1.80 bits per heavy atom. The molecule has 0 aliphatic carbocycles. The van der Waals surface area contributed by atoms with Gasteiger partial charge in [0, 0.05) is 29.9 Å². The number of aryl methyl sites for hydroxylation is 2. The van der Waals surface area contributed by atoms with Crippen molar-refractivity contribution in [2.75, 3.05) is 10.6 Å². The minimum atomic E-state index is -0.351. The number of aromatic nitrogens is 2. The van der Waals surface area contributed by atoms with Gasteiger partial charge < -0.3 is 10.6 Å². The van der Waals surface area contributed by atoms with Crippen LogP contribution in [0.15, 0.2) is 48.5 Å². The number of amides is 2. The summed E-state index contributed by atoms with van der Waals surface area (Å²) in [5.74, 6) is -0.853. The van der Waals surface area contributed by atoms with Gasteiger partial charge in [0.1, 0.15) is 11.0 Å². The van der Waals surface area contributed by atoms with Crippen molar-refractivity contribution < 1.29 is 14.0 Å². The smallest absolute Gasteiger partial charge is 0.248 e. The lowest BCUT2D eigenvalue weighted by molar-refractivity contribution is -0.114. The zero-order valence-corrected chi connectivity index (χ0v) is 17.4. The van der Waals surface area contributed by atoms with E-state index >= 15 is 0 Å². The van der Waals surface area contributed by atoms with Crippen LogP contribution in [0.1, 0.15) is 23.7 Å². The number of hydrogen-bond donors (Lipinski definition) is 2. The molecule has 2 N–H and O–H groups in total. The lowest BCUT2D eigenvalue weighted by Gasteiger charge is -2.09. The average molecular weight is 427 g/mol. The number of nitrogens with one attached hydrogen (secondary N) is 2. The summed E-state index contributed by atoms with van der Waals surface area (Å²) in [6.45, 7) is 5.04. The quantitative estimate of drug-likeness (QED) is 0.570. The highest BCUT2D eigenvalue weighted by Crippen LogP contribution is 2.25. The molecular formula is C22H20ClFN4O2. The summed E-state index contributed by atoms with van der Waals surface area (Å²) in [5, 5.41) is 10.2. The second-order valence-corrected chi connectivity index (χ2v) is 7.07. The van der Waals surface area contributed by atoms with Gasteiger partial charge in [0.2, 0.25) is 11.8 Å². The van der Waals surface area contributed by atoms with Crippen molar-refractivity contribution in [2.45, 2.75) is 20.8 Å². The number of anilines is 2. The molecule has 0 saturated carbocycles. The molecule has 2 amide bonds. The third kappa shape index (κ3) is 4.93. The average Bonchev–Trinajstić information content (AvgIpc) is 2.96. The van der Waals surface area contributed by atoms with Crippen LogP contribution >= 0.6 is 11.6 Å². The van der Waals surface area contributed by atoms with Gasteiger partial charge in [-0.15, -0.1) is 0 Å². The van der Waals surface area contributed by atoms with Crippen LogP contribution in [0.3, 0.4) is 0 Å². The SMILES string of the molecule is CC(=O)Nc1ccc(NC(=O)/C=C/c2c(C)nn(-c3ccc(F)cc3)c2Cl)cc1C. The lowest BCUT2D eigenvalue weighted by Crippen LogP contribution is -2.10. The summed E-state index contributed by atoms with van der Waals surface area (Å²) in [7, 11) is 0. The van der Waals surface area contributed by atoms with Gasteiger partial charge in [0.25, 0.3) is 0 Å². The normalized spacial score (nSPS) is 11.0. The van der Waals surface area contributed by atoms with E-state index in [1.807, 2.05) is 6.92 Å². The Morgan fingerprint density at radius 3 is 2.43 bits per heavy atom. The van der Waals surface area contributed by atoms with E-state index in [-0.39, 0.29) is 17.6 Å². The molecule has 30 heavy (non-hydrogen) atoms. The zero-order valence-electron chi connectivity index (χ0n) is 16.7. The predicted molar refractivity (Wildman–Crippen MR) is 116 cm³/mol. The Kier molecular flexibility index (Phi) is 6.32. The first-order chi connectivity index (χ1) is 14.2. The van der Waals surface area contributed by atoms with Crippen molar-refractivity contribution in [3.05, 3.63) is 76.3 Å². The van der Waals surface area contributed by atoms with Crippen LogP contribution in [0.25, 0.3) is 11.8 Å². The highest BCUT2D eigenvalue weighted by Gasteiger charge is 2.13. The molecule has 0 aliphatic rings. The maximum Gasteiger partial charge on any atom is 0.248 e. The highest BCUT2D eigenvalue weighted by atomic mass is 35.5. The van der Waals surface area contributed by atoms with Crippen LogP contribution in [0.4, 0.5) is 15.8 Å². The summed E-state index contributed by atoms with van der Waals surface area (Å²) in [6, 6.07) is 11.0. The molecule has 0 unspecified atom stereocenters. The lowest BCUT2D eigenvalue weighted by atomic mass is 10.1. The molecule has 3 aromatic rings. The molecule has 0 bridgehead atoms. The largest absolute Gasteiger partial charge is 0.326 e. The van der Waals surface area contributed by atoms with Gasteiger partial charge in [-0.2, -0.15) is 5.10 Å². The monoisotopic (exact) mass is 426 g/mol. The maximum atomic E-state index is 13.1. The molecule has 0 atom stereocenters. The fraction of sp³-hybridized carbons (Fsp3) is 0.136. The second kappa shape index (κ2) is 8.92. The Bertz CT molecular complexity index is 1140. The van der Waals surface area contributed by atoms with Crippen LogP contribution in [0.2, 0.25) is 5.15 Å². The number of benzene rings is 2. The van der Waals surface area contributed by atoms with Gasteiger partial charge in [-0.25, -0.2) is 9.07 Å². The first-order valence-corrected chi connectivity index (χ1v) is 9.51. The van der Waals surface area contributed by atoms with Crippen LogP contribution in [-0.2, 0) is 9.59 Å². The van der Waals surface area contributed by atoms with Gasteiger partial charge >= 0.3 is 0 Å².